The maximum absolute atomic E-state index is 12.3. The Hall–Kier alpha value is -1.31. The zero-order valence-corrected chi connectivity index (χ0v) is 17.7. The van der Waals surface area contributed by atoms with E-state index in [2.05, 4.69) is 26.1 Å². The summed E-state index contributed by atoms with van der Waals surface area (Å²) in [4.78, 5) is 28.1. The second kappa shape index (κ2) is 9.06. The van der Waals surface area contributed by atoms with Gasteiger partial charge >= 0.3 is 0 Å². The lowest BCUT2D eigenvalue weighted by molar-refractivity contribution is -0.135. The van der Waals surface area contributed by atoms with Crippen LogP contribution in [0.2, 0.25) is 5.02 Å². The van der Waals surface area contributed by atoms with Crippen LogP contribution in [0, 0.1) is 0 Å². The first-order valence-corrected chi connectivity index (χ1v) is 9.70. The lowest BCUT2D eigenvalue weighted by Gasteiger charge is -2.34. The van der Waals surface area contributed by atoms with Crippen LogP contribution in [-0.4, -0.2) is 66.5 Å². The van der Waals surface area contributed by atoms with Crippen molar-refractivity contribution in [3.8, 4) is 5.75 Å². The standard InChI is InChI=1S/C18H25BrClN3O3/c1-18(2,3)21-16(24)11-22-6-8-23(9-7-22)17(25)12-26-15-5-4-13(19)10-14(15)20/h4-5,10H,6-9,11-12H2,1-3H3,(H,21,24). The lowest BCUT2D eigenvalue weighted by Crippen LogP contribution is -2.53. The molecule has 1 saturated heterocycles. The van der Waals surface area contributed by atoms with Crippen molar-refractivity contribution in [1.82, 2.24) is 15.1 Å². The molecular weight excluding hydrogens is 422 g/mol. The minimum absolute atomic E-state index is 0.00508. The van der Waals surface area contributed by atoms with Gasteiger partial charge in [-0.25, -0.2) is 0 Å². The minimum Gasteiger partial charge on any atom is -0.482 e. The predicted octanol–water partition coefficient (Wildman–Crippen LogP) is 2.54. The lowest BCUT2D eigenvalue weighted by atomic mass is 10.1. The number of carbonyl (C=O) groups excluding carboxylic acids is 2. The van der Waals surface area contributed by atoms with Crippen molar-refractivity contribution in [1.29, 1.82) is 0 Å². The van der Waals surface area contributed by atoms with Crippen LogP contribution in [0.5, 0.6) is 5.75 Å². The third-order valence-electron chi connectivity index (χ3n) is 3.85. The first-order valence-electron chi connectivity index (χ1n) is 8.53. The topological polar surface area (TPSA) is 61.9 Å². The van der Waals surface area contributed by atoms with Crippen LogP contribution in [0.25, 0.3) is 0 Å². The SMILES string of the molecule is CC(C)(C)NC(=O)CN1CCN(C(=O)COc2ccc(Br)cc2Cl)CC1. The van der Waals surface area contributed by atoms with Gasteiger partial charge in [-0.3, -0.25) is 14.5 Å². The molecule has 1 aromatic rings. The molecule has 0 atom stereocenters. The smallest absolute Gasteiger partial charge is 0.260 e. The zero-order valence-electron chi connectivity index (χ0n) is 15.3. The molecule has 0 unspecified atom stereocenters. The third kappa shape index (κ3) is 6.78. The van der Waals surface area contributed by atoms with E-state index < -0.39 is 0 Å². The highest BCUT2D eigenvalue weighted by molar-refractivity contribution is 9.10. The van der Waals surface area contributed by atoms with Crippen LogP contribution in [0.1, 0.15) is 20.8 Å². The molecular formula is C18H25BrClN3O3. The van der Waals surface area contributed by atoms with Crippen LogP contribution in [0.4, 0.5) is 0 Å². The molecule has 0 spiro atoms. The molecule has 1 aliphatic heterocycles. The Morgan fingerprint density at radius 2 is 1.88 bits per heavy atom. The fourth-order valence-corrected chi connectivity index (χ4v) is 3.37. The number of ether oxygens (including phenoxy) is 1. The summed E-state index contributed by atoms with van der Waals surface area (Å²) >= 11 is 9.42. The molecule has 2 rings (SSSR count). The first-order chi connectivity index (χ1) is 12.1. The van der Waals surface area contributed by atoms with Crippen molar-refractivity contribution in [2.45, 2.75) is 26.3 Å². The second-order valence-electron chi connectivity index (χ2n) is 7.32. The first kappa shape index (κ1) is 21.0. The maximum Gasteiger partial charge on any atom is 0.260 e. The largest absolute Gasteiger partial charge is 0.482 e. The van der Waals surface area contributed by atoms with Gasteiger partial charge in [0.25, 0.3) is 5.91 Å². The summed E-state index contributed by atoms with van der Waals surface area (Å²) in [7, 11) is 0. The molecule has 8 heteroatoms. The molecule has 0 radical (unpaired) electrons. The van der Waals surface area contributed by atoms with Gasteiger partial charge in [-0.1, -0.05) is 27.5 Å². The molecule has 1 aromatic carbocycles. The summed E-state index contributed by atoms with van der Waals surface area (Å²) in [6.07, 6.45) is 0. The monoisotopic (exact) mass is 445 g/mol. The molecule has 2 amide bonds. The van der Waals surface area contributed by atoms with Gasteiger partial charge < -0.3 is 15.0 Å². The number of halogens is 2. The highest BCUT2D eigenvalue weighted by Crippen LogP contribution is 2.27. The quantitative estimate of drug-likeness (QED) is 0.755. The number of hydrogen-bond acceptors (Lipinski definition) is 4. The Morgan fingerprint density at radius 1 is 1.23 bits per heavy atom. The summed E-state index contributed by atoms with van der Waals surface area (Å²) < 4.78 is 6.39. The predicted molar refractivity (Wildman–Crippen MR) is 106 cm³/mol. The van der Waals surface area contributed by atoms with Gasteiger partial charge in [-0.15, -0.1) is 0 Å². The van der Waals surface area contributed by atoms with E-state index in [-0.39, 0.29) is 24.0 Å². The highest BCUT2D eigenvalue weighted by atomic mass is 79.9. The van der Waals surface area contributed by atoms with E-state index in [9.17, 15) is 9.59 Å². The average Bonchev–Trinajstić information content (AvgIpc) is 2.52. The van der Waals surface area contributed by atoms with E-state index in [0.29, 0.717) is 43.5 Å². The fraction of sp³-hybridized carbons (Fsp3) is 0.556. The van der Waals surface area contributed by atoms with Crippen LogP contribution >= 0.6 is 27.5 Å². The molecule has 144 valence electrons. The van der Waals surface area contributed by atoms with E-state index in [0.717, 1.165) is 4.47 Å². The van der Waals surface area contributed by atoms with E-state index in [1.165, 1.54) is 0 Å². The van der Waals surface area contributed by atoms with Gasteiger partial charge in [-0.2, -0.15) is 0 Å². The Kier molecular flexibility index (Phi) is 7.32. The Balaban J connectivity index is 1.75. The van der Waals surface area contributed by atoms with Crippen molar-refractivity contribution in [2.24, 2.45) is 0 Å². The van der Waals surface area contributed by atoms with Crippen molar-refractivity contribution < 1.29 is 14.3 Å². The number of carbonyl (C=O) groups is 2. The summed E-state index contributed by atoms with van der Waals surface area (Å²) in [5.74, 6) is 0.411. The molecule has 1 fully saturated rings. The fourth-order valence-electron chi connectivity index (χ4n) is 2.64. The van der Waals surface area contributed by atoms with Gasteiger partial charge in [0.15, 0.2) is 6.61 Å². The van der Waals surface area contributed by atoms with Gasteiger partial charge in [0.1, 0.15) is 5.75 Å². The number of amides is 2. The van der Waals surface area contributed by atoms with Crippen molar-refractivity contribution in [2.75, 3.05) is 39.3 Å². The summed E-state index contributed by atoms with van der Waals surface area (Å²) in [6, 6.07) is 5.27. The number of nitrogens with zero attached hydrogens (tertiary/aromatic N) is 2. The average molecular weight is 447 g/mol. The van der Waals surface area contributed by atoms with Gasteiger partial charge in [0.2, 0.25) is 5.91 Å². The number of rotatable bonds is 5. The second-order valence-corrected chi connectivity index (χ2v) is 8.64. The molecule has 26 heavy (non-hydrogen) atoms. The molecule has 1 N–H and O–H groups in total. The van der Waals surface area contributed by atoms with Gasteiger partial charge in [0.05, 0.1) is 11.6 Å². The van der Waals surface area contributed by atoms with Crippen LogP contribution in [0.3, 0.4) is 0 Å². The van der Waals surface area contributed by atoms with Gasteiger partial charge in [0, 0.05) is 36.2 Å². The van der Waals surface area contributed by atoms with Crippen LogP contribution < -0.4 is 10.1 Å². The molecule has 6 nitrogen and oxygen atoms in total. The Morgan fingerprint density at radius 3 is 2.46 bits per heavy atom. The number of benzene rings is 1. The van der Waals surface area contributed by atoms with E-state index >= 15 is 0 Å². The molecule has 1 aliphatic rings. The number of piperazine rings is 1. The summed E-state index contributed by atoms with van der Waals surface area (Å²) in [6.45, 7) is 8.68. The molecule has 0 bridgehead atoms. The third-order valence-corrected chi connectivity index (χ3v) is 4.64. The minimum atomic E-state index is -0.236. The maximum atomic E-state index is 12.3. The normalized spacial score (nSPS) is 15.7. The Bertz CT molecular complexity index is 656. The van der Waals surface area contributed by atoms with Crippen molar-refractivity contribution in [3.63, 3.8) is 0 Å². The zero-order chi connectivity index (χ0) is 19.3. The van der Waals surface area contributed by atoms with Crippen molar-refractivity contribution in [3.05, 3.63) is 27.7 Å². The van der Waals surface area contributed by atoms with Gasteiger partial charge in [-0.05, 0) is 39.0 Å². The number of nitrogens with one attached hydrogen (secondary N) is 1. The summed E-state index contributed by atoms with van der Waals surface area (Å²) in [5, 5.41) is 3.41. The molecule has 0 saturated carbocycles. The highest BCUT2D eigenvalue weighted by Gasteiger charge is 2.24. The molecule has 1 heterocycles. The van der Waals surface area contributed by atoms with E-state index in [1.54, 1.807) is 17.0 Å². The summed E-state index contributed by atoms with van der Waals surface area (Å²) in [5.41, 5.74) is -0.236. The Labute approximate surface area is 167 Å². The van der Waals surface area contributed by atoms with Crippen molar-refractivity contribution >= 4 is 39.3 Å². The van der Waals surface area contributed by atoms with Crippen LogP contribution in [0.15, 0.2) is 22.7 Å². The van der Waals surface area contributed by atoms with E-state index in [4.69, 9.17) is 16.3 Å². The van der Waals surface area contributed by atoms with E-state index in [1.807, 2.05) is 26.8 Å². The molecule has 0 aliphatic carbocycles. The van der Waals surface area contributed by atoms with Crippen LogP contribution in [-0.2, 0) is 9.59 Å². The number of hydrogen-bond donors (Lipinski definition) is 1. The molecule has 0 aromatic heterocycles.